The van der Waals surface area contributed by atoms with E-state index in [1.807, 2.05) is 24.3 Å². The second-order valence-electron chi connectivity index (χ2n) is 8.62. The fraction of sp³-hybridized carbons (Fsp3) is 0.423. The molecular formula is C26H30N2O5S. The number of fused-ring (bicyclic) bond motifs is 3. The highest BCUT2D eigenvalue weighted by Crippen LogP contribution is 2.44. The summed E-state index contributed by atoms with van der Waals surface area (Å²) in [5.74, 6) is 0.648. The lowest BCUT2D eigenvalue weighted by Gasteiger charge is -2.34. The third kappa shape index (κ3) is 5.73. The number of ether oxygens (including phenoxy) is 1. The molecule has 0 radical (unpaired) electrons. The molecule has 34 heavy (non-hydrogen) atoms. The highest BCUT2D eigenvalue weighted by atomic mass is 32.2. The van der Waals surface area contributed by atoms with Gasteiger partial charge in [0.05, 0.1) is 12.5 Å². The molecule has 180 valence electrons. The minimum absolute atomic E-state index is 0.00677. The summed E-state index contributed by atoms with van der Waals surface area (Å²) in [5, 5.41) is 11.8. The van der Waals surface area contributed by atoms with Gasteiger partial charge in [-0.25, -0.2) is 4.79 Å². The number of nitrogens with one attached hydrogen (secondary N) is 1. The molecule has 4 rings (SSSR count). The van der Waals surface area contributed by atoms with E-state index in [1.165, 1.54) is 22.3 Å². The van der Waals surface area contributed by atoms with Crippen molar-refractivity contribution in [3.8, 4) is 11.1 Å². The van der Waals surface area contributed by atoms with E-state index in [1.54, 1.807) is 16.7 Å². The summed E-state index contributed by atoms with van der Waals surface area (Å²) in [5.41, 5.74) is 4.73. The maximum atomic E-state index is 12.5. The summed E-state index contributed by atoms with van der Waals surface area (Å²) >= 11 is 1.69. The number of thioether (sulfide) groups is 1. The van der Waals surface area contributed by atoms with E-state index in [-0.39, 0.29) is 30.9 Å². The van der Waals surface area contributed by atoms with Crippen molar-refractivity contribution >= 4 is 29.7 Å². The van der Waals surface area contributed by atoms with Crippen molar-refractivity contribution < 1.29 is 24.2 Å². The van der Waals surface area contributed by atoms with E-state index < -0.39 is 12.1 Å². The van der Waals surface area contributed by atoms with Crippen LogP contribution in [0.4, 0.5) is 4.79 Å². The summed E-state index contributed by atoms with van der Waals surface area (Å²) in [7, 11) is 0. The standard InChI is InChI=1S/C26H30N2O5S/c29-24(28-13-14-34-17-18(28)15-25(30)31)11-5-6-12-27-26(32)33-16-23-21-9-3-1-7-19(21)20-8-2-4-10-22(20)23/h1-4,7-10,18,23H,5-6,11-17H2,(H,27,32)(H,30,31). The molecular weight excluding hydrogens is 452 g/mol. The van der Waals surface area contributed by atoms with Gasteiger partial charge in [-0.3, -0.25) is 9.59 Å². The summed E-state index contributed by atoms with van der Waals surface area (Å²) in [6, 6.07) is 16.2. The molecule has 1 aliphatic heterocycles. The van der Waals surface area contributed by atoms with Crippen molar-refractivity contribution in [1.82, 2.24) is 10.2 Å². The SMILES string of the molecule is O=C(O)CC1CSCCN1C(=O)CCCCNC(=O)OCC1c2ccccc2-c2ccccc21. The molecule has 2 N–H and O–H groups in total. The van der Waals surface area contributed by atoms with Crippen molar-refractivity contribution in [3.05, 3.63) is 59.7 Å². The Bertz CT molecular complexity index is 998. The van der Waals surface area contributed by atoms with Crippen LogP contribution in [0.25, 0.3) is 11.1 Å². The summed E-state index contributed by atoms with van der Waals surface area (Å²) in [6.07, 6.45) is 1.17. The van der Waals surface area contributed by atoms with Crippen LogP contribution in [-0.4, -0.2) is 65.2 Å². The summed E-state index contributed by atoms with van der Waals surface area (Å²) < 4.78 is 5.53. The number of alkyl carbamates (subject to hydrolysis) is 1. The topological polar surface area (TPSA) is 95.9 Å². The van der Waals surface area contributed by atoms with E-state index in [4.69, 9.17) is 9.84 Å². The van der Waals surface area contributed by atoms with Crippen LogP contribution in [0.5, 0.6) is 0 Å². The predicted octanol–water partition coefficient (Wildman–Crippen LogP) is 4.11. The van der Waals surface area contributed by atoms with Crippen molar-refractivity contribution in [2.45, 2.75) is 37.6 Å². The number of rotatable bonds is 9. The van der Waals surface area contributed by atoms with Crippen LogP contribution in [0.2, 0.25) is 0 Å². The summed E-state index contributed by atoms with van der Waals surface area (Å²) in [4.78, 5) is 37.6. The van der Waals surface area contributed by atoms with E-state index in [0.29, 0.717) is 38.1 Å². The maximum Gasteiger partial charge on any atom is 0.407 e. The Labute approximate surface area is 203 Å². The number of hydrogen-bond acceptors (Lipinski definition) is 5. The molecule has 0 aromatic heterocycles. The number of carbonyl (C=O) groups excluding carboxylic acids is 2. The van der Waals surface area contributed by atoms with Gasteiger partial charge in [-0.05, 0) is 35.1 Å². The van der Waals surface area contributed by atoms with Gasteiger partial charge >= 0.3 is 12.1 Å². The van der Waals surface area contributed by atoms with Gasteiger partial charge in [0.1, 0.15) is 6.61 Å². The zero-order valence-corrected chi connectivity index (χ0v) is 19.9. The maximum absolute atomic E-state index is 12.5. The van der Waals surface area contributed by atoms with Crippen LogP contribution in [0.3, 0.4) is 0 Å². The zero-order valence-electron chi connectivity index (χ0n) is 19.1. The van der Waals surface area contributed by atoms with Crippen LogP contribution in [0.15, 0.2) is 48.5 Å². The van der Waals surface area contributed by atoms with E-state index in [9.17, 15) is 14.4 Å². The number of carbonyl (C=O) groups is 3. The van der Waals surface area contributed by atoms with Crippen LogP contribution in [-0.2, 0) is 14.3 Å². The van der Waals surface area contributed by atoms with Crippen LogP contribution in [0, 0.1) is 0 Å². The minimum Gasteiger partial charge on any atom is -0.481 e. The molecule has 8 heteroatoms. The first-order valence-electron chi connectivity index (χ1n) is 11.7. The fourth-order valence-electron chi connectivity index (χ4n) is 4.74. The highest BCUT2D eigenvalue weighted by Gasteiger charge is 2.29. The lowest BCUT2D eigenvalue weighted by Crippen LogP contribution is -2.47. The average molecular weight is 483 g/mol. The van der Waals surface area contributed by atoms with Gasteiger partial charge in [0.2, 0.25) is 5.91 Å². The second-order valence-corrected chi connectivity index (χ2v) is 9.77. The number of carboxylic acid groups (broad SMARTS) is 1. The molecule has 7 nitrogen and oxygen atoms in total. The molecule has 1 heterocycles. The molecule has 0 spiro atoms. The van der Waals surface area contributed by atoms with Crippen molar-refractivity contribution in [3.63, 3.8) is 0 Å². The molecule has 1 aliphatic carbocycles. The fourth-order valence-corrected chi connectivity index (χ4v) is 5.80. The minimum atomic E-state index is -0.877. The molecule has 1 atom stereocenters. The molecule has 1 unspecified atom stereocenters. The Morgan fingerprint density at radius 1 is 1.03 bits per heavy atom. The van der Waals surface area contributed by atoms with Gasteiger partial charge in [-0.1, -0.05) is 48.5 Å². The quantitative estimate of drug-likeness (QED) is 0.522. The molecule has 0 saturated carbocycles. The predicted molar refractivity (Wildman–Crippen MR) is 132 cm³/mol. The van der Waals surface area contributed by atoms with Crippen molar-refractivity contribution in [1.29, 1.82) is 0 Å². The van der Waals surface area contributed by atoms with Gasteiger partial charge in [0.15, 0.2) is 0 Å². The van der Waals surface area contributed by atoms with Crippen LogP contribution in [0.1, 0.15) is 42.7 Å². The highest BCUT2D eigenvalue weighted by molar-refractivity contribution is 7.99. The van der Waals surface area contributed by atoms with Crippen molar-refractivity contribution in [2.75, 3.05) is 31.2 Å². The normalized spacial score (nSPS) is 17.1. The average Bonchev–Trinajstić information content (AvgIpc) is 3.16. The van der Waals surface area contributed by atoms with E-state index >= 15 is 0 Å². The molecule has 0 bridgehead atoms. The van der Waals surface area contributed by atoms with Crippen LogP contribution >= 0.6 is 11.8 Å². The van der Waals surface area contributed by atoms with E-state index in [2.05, 4.69) is 29.6 Å². The number of nitrogens with zero attached hydrogens (tertiary/aromatic N) is 1. The van der Waals surface area contributed by atoms with Gasteiger partial charge in [-0.2, -0.15) is 11.8 Å². The number of benzene rings is 2. The number of amides is 2. The lowest BCUT2D eigenvalue weighted by atomic mass is 9.98. The largest absolute Gasteiger partial charge is 0.481 e. The third-order valence-corrected chi connectivity index (χ3v) is 7.48. The molecule has 2 amide bonds. The first-order chi connectivity index (χ1) is 16.5. The number of aliphatic carboxylic acids is 1. The lowest BCUT2D eigenvalue weighted by molar-refractivity contribution is -0.140. The first-order valence-corrected chi connectivity index (χ1v) is 12.9. The Hall–Kier alpha value is -3.00. The molecule has 1 fully saturated rings. The molecule has 2 aliphatic rings. The Kier molecular flexibility index (Phi) is 8.11. The summed E-state index contributed by atoms with van der Waals surface area (Å²) in [6.45, 7) is 1.30. The van der Waals surface area contributed by atoms with Gasteiger partial charge < -0.3 is 20.1 Å². The Morgan fingerprint density at radius 2 is 1.71 bits per heavy atom. The van der Waals surface area contributed by atoms with Gasteiger partial charge in [-0.15, -0.1) is 0 Å². The Balaban J connectivity index is 1.18. The zero-order chi connectivity index (χ0) is 23.9. The smallest absolute Gasteiger partial charge is 0.407 e. The molecule has 2 aromatic carbocycles. The monoisotopic (exact) mass is 482 g/mol. The van der Waals surface area contributed by atoms with Crippen molar-refractivity contribution in [2.24, 2.45) is 0 Å². The Morgan fingerprint density at radius 3 is 2.38 bits per heavy atom. The van der Waals surface area contributed by atoms with Gasteiger partial charge in [0, 0.05) is 36.9 Å². The molecule has 1 saturated heterocycles. The van der Waals surface area contributed by atoms with Gasteiger partial charge in [0.25, 0.3) is 0 Å². The second kappa shape index (κ2) is 11.4. The van der Waals surface area contributed by atoms with Crippen LogP contribution < -0.4 is 5.32 Å². The number of hydrogen-bond donors (Lipinski definition) is 2. The van der Waals surface area contributed by atoms with E-state index in [0.717, 1.165) is 5.75 Å². The molecule has 2 aromatic rings. The number of carboxylic acids is 1. The third-order valence-electron chi connectivity index (χ3n) is 6.39. The number of unbranched alkanes of at least 4 members (excludes halogenated alkanes) is 1. The first kappa shape index (κ1) is 24.1.